The molecule has 0 amide bonds. The Morgan fingerprint density at radius 3 is 2.69 bits per heavy atom. The van der Waals surface area contributed by atoms with Gasteiger partial charge in [0, 0.05) is 17.8 Å². The summed E-state index contributed by atoms with van der Waals surface area (Å²) in [6, 6.07) is 18.7. The maximum atomic E-state index is 5.07. The third kappa shape index (κ3) is 2.62. The topological polar surface area (TPSA) is 43.3 Å². The van der Waals surface area contributed by atoms with Gasteiger partial charge in [-0.15, -0.1) is 0 Å². The van der Waals surface area contributed by atoms with Crippen LogP contribution in [0.1, 0.15) is 17.0 Å². The van der Waals surface area contributed by atoms with Crippen LogP contribution in [0.5, 0.6) is 0 Å². The molecule has 26 heavy (non-hydrogen) atoms. The van der Waals surface area contributed by atoms with E-state index in [9.17, 15) is 0 Å². The highest BCUT2D eigenvalue weighted by atomic mass is 32.1. The van der Waals surface area contributed by atoms with Crippen LogP contribution in [0.4, 0.5) is 0 Å². The molecular weight excluding hydrogens is 342 g/mol. The molecule has 0 radical (unpaired) electrons. The lowest BCUT2D eigenvalue weighted by Gasteiger charge is -1.98. The minimum atomic E-state index is 0.812. The smallest absolute Gasteiger partial charge is 0.195 e. The number of hydrogen-bond donors (Lipinski definition) is 0. The molecule has 126 valence electrons. The number of aromatic nitrogens is 3. The van der Waals surface area contributed by atoms with Crippen LogP contribution < -0.4 is 0 Å². The van der Waals surface area contributed by atoms with Crippen LogP contribution in [0.25, 0.3) is 38.6 Å². The van der Waals surface area contributed by atoms with E-state index >= 15 is 0 Å². The van der Waals surface area contributed by atoms with Crippen LogP contribution in [0, 0.1) is 6.92 Å². The van der Waals surface area contributed by atoms with Gasteiger partial charge in [-0.05, 0) is 30.7 Å². The lowest BCUT2D eigenvalue weighted by atomic mass is 10.1. The van der Waals surface area contributed by atoms with Gasteiger partial charge >= 0.3 is 0 Å². The van der Waals surface area contributed by atoms with E-state index in [1.807, 2.05) is 25.1 Å². The fraction of sp³-hybridized carbons (Fsp3) is 0.0476. The van der Waals surface area contributed by atoms with Gasteiger partial charge in [-0.1, -0.05) is 59.0 Å². The van der Waals surface area contributed by atoms with E-state index in [-0.39, 0.29) is 0 Å². The molecule has 2 aromatic carbocycles. The molecule has 0 atom stereocenters. The number of hydrogen-bond acceptors (Lipinski definition) is 4. The fourth-order valence-corrected chi connectivity index (χ4v) is 4.01. The lowest BCUT2D eigenvalue weighted by Crippen LogP contribution is -1.79. The summed E-state index contributed by atoms with van der Waals surface area (Å²) in [5.41, 5.74) is 5.24. The molecule has 3 aromatic heterocycles. The summed E-state index contributed by atoms with van der Waals surface area (Å²) in [5, 5.41) is 3.97. The molecule has 0 aliphatic rings. The summed E-state index contributed by atoms with van der Waals surface area (Å²) >= 11 is 1.71. The Labute approximate surface area is 154 Å². The van der Waals surface area contributed by atoms with Gasteiger partial charge in [0.15, 0.2) is 4.96 Å². The monoisotopic (exact) mass is 357 g/mol. The van der Waals surface area contributed by atoms with Gasteiger partial charge in [0.1, 0.15) is 11.5 Å². The highest BCUT2D eigenvalue weighted by Crippen LogP contribution is 2.29. The molecule has 4 nitrogen and oxygen atoms in total. The first kappa shape index (κ1) is 15.1. The molecule has 0 fully saturated rings. The highest BCUT2D eigenvalue weighted by molar-refractivity contribution is 7.23. The Balaban J connectivity index is 1.45. The summed E-state index contributed by atoms with van der Waals surface area (Å²) in [4.78, 5) is 5.81. The molecule has 0 saturated carbocycles. The van der Waals surface area contributed by atoms with Crippen molar-refractivity contribution >= 4 is 38.7 Å². The predicted octanol–water partition coefficient (Wildman–Crippen LogP) is 5.68. The van der Waals surface area contributed by atoms with Crippen LogP contribution in [-0.4, -0.2) is 14.5 Å². The fourth-order valence-electron chi connectivity index (χ4n) is 3.00. The first-order chi connectivity index (χ1) is 12.8. The number of imidazole rings is 1. The highest BCUT2D eigenvalue weighted by Gasteiger charge is 2.09. The van der Waals surface area contributed by atoms with Crippen molar-refractivity contribution in [1.29, 1.82) is 0 Å². The van der Waals surface area contributed by atoms with Crippen LogP contribution in [0.3, 0.4) is 0 Å². The minimum absolute atomic E-state index is 0.812. The first-order valence-electron chi connectivity index (χ1n) is 8.35. The molecule has 5 rings (SSSR count). The van der Waals surface area contributed by atoms with E-state index in [0.29, 0.717) is 0 Å². The average Bonchev–Trinajstić information content (AvgIpc) is 3.34. The number of rotatable bonds is 3. The molecule has 3 heterocycles. The molecule has 0 spiro atoms. The SMILES string of the molecule is Cc1cc(/C=C\c2ccc(-c3cn4c(n3)sc3ccccc34)cc2)no1. The number of aryl methyl sites for hydroxylation is 1. The van der Waals surface area contributed by atoms with Crippen LogP contribution in [-0.2, 0) is 0 Å². The number of benzene rings is 2. The zero-order valence-corrected chi connectivity index (χ0v) is 14.9. The van der Waals surface area contributed by atoms with Crippen molar-refractivity contribution in [3.8, 4) is 11.3 Å². The molecule has 5 heteroatoms. The van der Waals surface area contributed by atoms with E-state index in [2.05, 4.69) is 64.3 Å². The largest absolute Gasteiger partial charge is 0.361 e. The van der Waals surface area contributed by atoms with Gasteiger partial charge in [-0.25, -0.2) is 4.98 Å². The Bertz CT molecular complexity index is 1240. The van der Waals surface area contributed by atoms with Crippen LogP contribution in [0.15, 0.2) is 65.3 Å². The Hall–Kier alpha value is -3.18. The quantitative estimate of drug-likeness (QED) is 0.417. The Morgan fingerprint density at radius 2 is 1.88 bits per heavy atom. The molecule has 0 aliphatic carbocycles. The second-order valence-electron chi connectivity index (χ2n) is 6.17. The normalized spacial score (nSPS) is 11.9. The summed E-state index contributed by atoms with van der Waals surface area (Å²) in [6.07, 6.45) is 6.09. The third-order valence-corrected chi connectivity index (χ3v) is 5.33. The van der Waals surface area contributed by atoms with E-state index in [1.165, 1.54) is 10.2 Å². The number of para-hydroxylation sites is 1. The van der Waals surface area contributed by atoms with Crippen molar-refractivity contribution in [3.63, 3.8) is 0 Å². The number of thiazole rings is 1. The molecule has 5 aromatic rings. The van der Waals surface area contributed by atoms with Gasteiger partial charge in [-0.2, -0.15) is 0 Å². The third-order valence-electron chi connectivity index (χ3n) is 4.30. The van der Waals surface area contributed by atoms with Gasteiger partial charge in [0.05, 0.1) is 15.9 Å². The summed E-state index contributed by atoms with van der Waals surface area (Å²) in [6.45, 7) is 1.89. The maximum Gasteiger partial charge on any atom is 0.195 e. The molecule has 0 unspecified atom stereocenters. The van der Waals surface area contributed by atoms with Crippen molar-refractivity contribution in [2.75, 3.05) is 0 Å². The van der Waals surface area contributed by atoms with Crippen molar-refractivity contribution in [2.24, 2.45) is 0 Å². The average molecular weight is 357 g/mol. The van der Waals surface area contributed by atoms with Gasteiger partial charge in [0.2, 0.25) is 0 Å². The minimum Gasteiger partial charge on any atom is -0.361 e. The second-order valence-corrected chi connectivity index (χ2v) is 7.18. The van der Waals surface area contributed by atoms with E-state index in [4.69, 9.17) is 9.51 Å². The van der Waals surface area contributed by atoms with Gasteiger partial charge in [-0.3, -0.25) is 4.40 Å². The van der Waals surface area contributed by atoms with Crippen LogP contribution >= 0.6 is 11.3 Å². The zero-order valence-electron chi connectivity index (χ0n) is 14.1. The summed E-state index contributed by atoms with van der Waals surface area (Å²) in [5.74, 6) is 0.812. The van der Waals surface area contributed by atoms with Crippen molar-refractivity contribution in [1.82, 2.24) is 14.5 Å². The maximum absolute atomic E-state index is 5.07. The second kappa shape index (κ2) is 5.97. The van der Waals surface area contributed by atoms with Crippen molar-refractivity contribution in [2.45, 2.75) is 6.92 Å². The Kier molecular flexibility index (Phi) is 3.47. The lowest BCUT2D eigenvalue weighted by molar-refractivity contribution is 0.396. The van der Waals surface area contributed by atoms with Crippen molar-refractivity contribution in [3.05, 3.63) is 77.8 Å². The molecule has 0 bridgehead atoms. The summed E-state index contributed by atoms with van der Waals surface area (Å²) in [7, 11) is 0. The standard InChI is InChI=1S/C21H15N3OS/c1-14-12-17(23-25-14)11-8-15-6-9-16(10-7-15)18-13-24-19-4-2-3-5-20(19)26-21(24)22-18/h2-13H,1H3/b11-8-. The van der Waals surface area contributed by atoms with E-state index < -0.39 is 0 Å². The Morgan fingerprint density at radius 1 is 1.04 bits per heavy atom. The van der Waals surface area contributed by atoms with Crippen LogP contribution in [0.2, 0.25) is 0 Å². The molecule has 0 N–H and O–H groups in total. The zero-order chi connectivity index (χ0) is 17.5. The predicted molar refractivity (Wildman–Crippen MR) is 106 cm³/mol. The van der Waals surface area contributed by atoms with E-state index in [0.717, 1.165) is 33.2 Å². The number of nitrogens with zero attached hydrogens (tertiary/aromatic N) is 3. The molecule has 0 aliphatic heterocycles. The van der Waals surface area contributed by atoms with Gasteiger partial charge in [0.25, 0.3) is 0 Å². The molecular formula is C21H15N3OS. The van der Waals surface area contributed by atoms with Gasteiger partial charge < -0.3 is 4.52 Å². The number of fused-ring (bicyclic) bond motifs is 3. The van der Waals surface area contributed by atoms with E-state index in [1.54, 1.807) is 11.3 Å². The molecule has 0 saturated heterocycles. The summed E-state index contributed by atoms with van der Waals surface area (Å²) < 4.78 is 8.49. The first-order valence-corrected chi connectivity index (χ1v) is 9.16. The van der Waals surface area contributed by atoms with Crippen molar-refractivity contribution < 1.29 is 4.52 Å².